The first kappa shape index (κ1) is 23.1. The zero-order valence-electron chi connectivity index (χ0n) is 22.7. The van der Waals surface area contributed by atoms with E-state index in [-0.39, 0.29) is 6.04 Å². The Kier molecular flexibility index (Phi) is 4.93. The van der Waals surface area contributed by atoms with Gasteiger partial charge in [0.1, 0.15) is 11.2 Å². The predicted octanol–water partition coefficient (Wildman–Crippen LogP) is 9.97. The van der Waals surface area contributed by atoms with Gasteiger partial charge in [-0.1, -0.05) is 97.1 Å². The quantitative estimate of drug-likeness (QED) is 0.243. The molecule has 4 heteroatoms. The summed E-state index contributed by atoms with van der Waals surface area (Å²) in [6.07, 6.45) is 0. The molecule has 0 saturated carbocycles. The van der Waals surface area contributed by atoms with Crippen molar-refractivity contribution < 1.29 is 4.42 Å². The van der Waals surface area contributed by atoms with Gasteiger partial charge in [-0.15, -0.1) is 0 Å². The summed E-state index contributed by atoms with van der Waals surface area (Å²) in [6.45, 7) is 0. The molecule has 0 aliphatic carbocycles. The molecule has 0 radical (unpaired) electrons. The first-order chi connectivity index (χ1) is 20.8. The predicted molar refractivity (Wildman–Crippen MR) is 174 cm³/mol. The molecule has 1 N–H and O–H groups in total. The van der Waals surface area contributed by atoms with Crippen molar-refractivity contribution in [2.45, 2.75) is 6.04 Å². The molecule has 1 aliphatic heterocycles. The molecular weight excluding hydrogens is 514 g/mol. The maximum absolute atomic E-state index is 6.49. The molecule has 1 atom stereocenters. The number of nitrogens with one attached hydrogen (secondary N) is 1. The van der Waals surface area contributed by atoms with Crippen LogP contribution in [0.25, 0.3) is 49.4 Å². The minimum Gasteiger partial charge on any atom is -0.455 e. The molecule has 9 rings (SSSR count). The summed E-state index contributed by atoms with van der Waals surface area (Å²) >= 11 is 0. The van der Waals surface area contributed by atoms with Crippen LogP contribution >= 0.6 is 0 Å². The van der Waals surface area contributed by atoms with E-state index in [0.717, 1.165) is 66.7 Å². The Balaban J connectivity index is 1.27. The summed E-state index contributed by atoms with van der Waals surface area (Å²) in [4.78, 5) is 5.22. The van der Waals surface area contributed by atoms with Gasteiger partial charge in [0.15, 0.2) is 0 Å². The number of anilines is 1. The van der Waals surface area contributed by atoms with Crippen molar-refractivity contribution in [2.24, 2.45) is 4.99 Å². The Morgan fingerprint density at radius 2 is 1.36 bits per heavy atom. The molecule has 0 saturated heterocycles. The van der Waals surface area contributed by atoms with Crippen LogP contribution < -0.4 is 5.32 Å². The monoisotopic (exact) mass is 539 g/mol. The van der Waals surface area contributed by atoms with E-state index in [4.69, 9.17) is 9.41 Å². The number of hydrogen-bond acceptors (Lipinski definition) is 3. The number of aromatic nitrogens is 1. The Morgan fingerprint density at radius 1 is 0.619 bits per heavy atom. The van der Waals surface area contributed by atoms with Gasteiger partial charge in [0.2, 0.25) is 0 Å². The summed E-state index contributed by atoms with van der Waals surface area (Å²) in [5, 5.41) is 8.44. The maximum Gasteiger partial charge on any atom is 0.145 e. The van der Waals surface area contributed by atoms with E-state index < -0.39 is 0 Å². The number of fused-ring (bicyclic) bond motifs is 8. The van der Waals surface area contributed by atoms with Crippen LogP contribution in [-0.2, 0) is 0 Å². The van der Waals surface area contributed by atoms with Crippen molar-refractivity contribution in [1.29, 1.82) is 0 Å². The van der Waals surface area contributed by atoms with E-state index in [1.807, 2.05) is 18.2 Å². The average Bonchev–Trinajstić information content (AvgIpc) is 3.60. The molecule has 0 bridgehead atoms. The van der Waals surface area contributed by atoms with Crippen LogP contribution in [0.2, 0.25) is 0 Å². The fraction of sp³-hybridized carbons (Fsp3) is 0.0263. The first-order valence-electron chi connectivity index (χ1n) is 14.3. The second-order valence-corrected chi connectivity index (χ2v) is 10.8. The van der Waals surface area contributed by atoms with Crippen molar-refractivity contribution in [1.82, 2.24) is 4.57 Å². The number of nitrogens with zero attached hydrogens (tertiary/aromatic N) is 2. The second kappa shape index (κ2) is 8.95. The Labute approximate surface area is 242 Å². The highest BCUT2D eigenvalue weighted by Crippen LogP contribution is 2.43. The first-order valence-corrected chi connectivity index (χ1v) is 14.3. The molecule has 2 aromatic heterocycles. The zero-order valence-corrected chi connectivity index (χ0v) is 22.7. The summed E-state index contributed by atoms with van der Waals surface area (Å²) in [5.74, 6) is 0. The van der Waals surface area contributed by atoms with Crippen LogP contribution in [-0.4, -0.2) is 10.3 Å². The van der Waals surface area contributed by atoms with Crippen LogP contribution in [0, 0.1) is 0 Å². The number of para-hydroxylation sites is 2. The summed E-state index contributed by atoms with van der Waals surface area (Å²) in [6, 6.07) is 48.7. The summed E-state index contributed by atoms with van der Waals surface area (Å²) in [5.41, 5.74) is 10.4. The van der Waals surface area contributed by atoms with E-state index in [1.54, 1.807) is 0 Å². The van der Waals surface area contributed by atoms with Gasteiger partial charge in [0.25, 0.3) is 0 Å². The standard InChI is InChI=1S/C38H25N3O/c1-3-11-24(12-4-1)36-37(25-13-5-2-6-14-25)40-31-23-26(19-21-30(31)39-36)41-32-17-9-7-16-29(32)35-33(41)22-20-28-27-15-8-10-18-34(27)42-38(28)35/h1-23,37,40H. The van der Waals surface area contributed by atoms with E-state index in [2.05, 4.69) is 131 Å². The molecule has 6 aromatic carbocycles. The van der Waals surface area contributed by atoms with Crippen LogP contribution in [0.15, 0.2) is 149 Å². The SMILES string of the molecule is c1ccc(C2=Nc3ccc(-n4c5ccccc5c5c6oc7ccccc7c6ccc54)cc3NC2c2ccccc2)cc1. The van der Waals surface area contributed by atoms with Gasteiger partial charge in [-0.3, -0.25) is 0 Å². The average molecular weight is 540 g/mol. The lowest BCUT2D eigenvalue weighted by Crippen LogP contribution is -2.25. The Bertz CT molecular complexity index is 2330. The van der Waals surface area contributed by atoms with Crippen molar-refractivity contribution in [3.63, 3.8) is 0 Å². The smallest absolute Gasteiger partial charge is 0.145 e. The Morgan fingerprint density at radius 3 is 2.21 bits per heavy atom. The van der Waals surface area contributed by atoms with Crippen LogP contribution in [0.3, 0.4) is 0 Å². The summed E-state index contributed by atoms with van der Waals surface area (Å²) < 4.78 is 8.83. The lowest BCUT2D eigenvalue weighted by molar-refractivity contribution is 0.673. The zero-order chi connectivity index (χ0) is 27.6. The van der Waals surface area contributed by atoms with Gasteiger partial charge in [-0.05, 0) is 53.6 Å². The van der Waals surface area contributed by atoms with Crippen LogP contribution in [0.4, 0.5) is 11.4 Å². The van der Waals surface area contributed by atoms with Crippen molar-refractivity contribution in [3.05, 3.63) is 151 Å². The fourth-order valence-electron chi connectivity index (χ4n) is 6.53. The summed E-state index contributed by atoms with van der Waals surface area (Å²) in [7, 11) is 0. The highest BCUT2D eigenvalue weighted by molar-refractivity contribution is 6.23. The molecule has 0 fully saturated rings. The van der Waals surface area contributed by atoms with E-state index in [0.29, 0.717) is 0 Å². The van der Waals surface area contributed by atoms with E-state index in [1.165, 1.54) is 10.9 Å². The van der Waals surface area contributed by atoms with E-state index >= 15 is 0 Å². The van der Waals surface area contributed by atoms with Crippen LogP contribution in [0.5, 0.6) is 0 Å². The normalized spacial score (nSPS) is 14.8. The second-order valence-electron chi connectivity index (χ2n) is 10.8. The molecule has 4 nitrogen and oxygen atoms in total. The molecule has 42 heavy (non-hydrogen) atoms. The largest absolute Gasteiger partial charge is 0.455 e. The number of aliphatic imine (C=N–C) groups is 1. The minimum atomic E-state index is -0.0651. The van der Waals surface area contributed by atoms with Gasteiger partial charge < -0.3 is 14.3 Å². The molecule has 0 amide bonds. The van der Waals surface area contributed by atoms with Gasteiger partial charge >= 0.3 is 0 Å². The van der Waals surface area contributed by atoms with Crippen molar-refractivity contribution in [2.75, 3.05) is 5.32 Å². The molecule has 1 unspecified atom stereocenters. The molecular formula is C38H25N3O. The number of furan rings is 1. The molecule has 3 heterocycles. The third-order valence-electron chi connectivity index (χ3n) is 8.44. The van der Waals surface area contributed by atoms with Gasteiger partial charge in [-0.2, -0.15) is 0 Å². The number of hydrogen-bond donors (Lipinski definition) is 1. The molecule has 198 valence electrons. The molecule has 8 aromatic rings. The topological polar surface area (TPSA) is 42.5 Å². The maximum atomic E-state index is 6.49. The fourth-order valence-corrected chi connectivity index (χ4v) is 6.53. The van der Waals surface area contributed by atoms with Gasteiger partial charge in [0, 0.05) is 21.8 Å². The van der Waals surface area contributed by atoms with Gasteiger partial charge in [-0.25, -0.2) is 4.99 Å². The Hall–Kier alpha value is -5.61. The highest BCUT2D eigenvalue weighted by atomic mass is 16.3. The number of benzene rings is 6. The lowest BCUT2D eigenvalue weighted by atomic mass is 9.94. The van der Waals surface area contributed by atoms with Crippen molar-refractivity contribution in [3.8, 4) is 5.69 Å². The molecule has 1 aliphatic rings. The highest BCUT2D eigenvalue weighted by Gasteiger charge is 2.26. The molecule has 0 spiro atoms. The number of rotatable bonds is 3. The third-order valence-corrected chi connectivity index (χ3v) is 8.44. The lowest BCUT2D eigenvalue weighted by Gasteiger charge is -2.28. The van der Waals surface area contributed by atoms with Crippen LogP contribution in [0.1, 0.15) is 17.2 Å². The van der Waals surface area contributed by atoms with Gasteiger partial charge in [0.05, 0.1) is 39.5 Å². The van der Waals surface area contributed by atoms with Crippen molar-refractivity contribution >= 4 is 60.8 Å². The third kappa shape index (κ3) is 3.39. The van der Waals surface area contributed by atoms with E-state index in [9.17, 15) is 0 Å². The minimum absolute atomic E-state index is 0.0651.